The number of hydrogen-bond donors (Lipinski definition) is 0. The molecule has 0 unspecified atom stereocenters. The van der Waals surface area contributed by atoms with Crippen LogP contribution in [-0.4, -0.2) is 71.7 Å². The lowest BCUT2D eigenvalue weighted by Gasteiger charge is -2.57. The molecule has 2 heterocycles. The molecular formula is C26H35N3O3. The lowest BCUT2D eigenvalue weighted by Crippen LogP contribution is -2.58. The number of carbonyl (C=O) groups is 3. The van der Waals surface area contributed by atoms with Gasteiger partial charge in [-0.25, -0.2) is 0 Å². The lowest BCUT2D eigenvalue weighted by atomic mass is 9.49. The molecule has 8 aliphatic rings. The van der Waals surface area contributed by atoms with Gasteiger partial charge in [0.15, 0.2) is 0 Å². The largest absolute Gasteiger partial charge is 0.340 e. The molecule has 6 nitrogen and oxygen atoms in total. The summed E-state index contributed by atoms with van der Waals surface area (Å²) >= 11 is 0. The predicted octanol–water partition coefficient (Wildman–Crippen LogP) is 2.15. The van der Waals surface area contributed by atoms with Crippen LogP contribution in [-0.2, 0) is 14.4 Å². The van der Waals surface area contributed by atoms with Gasteiger partial charge in [-0.1, -0.05) is 12.2 Å². The molecule has 0 aromatic rings. The minimum Gasteiger partial charge on any atom is -0.340 e. The van der Waals surface area contributed by atoms with Gasteiger partial charge in [-0.05, 0) is 74.5 Å². The summed E-state index contributed by atoms with van der Waals surface area (Å²) in [5.41, 5.74) is -0.0452. The molecule has 0 aromatic heterocycles. The SMILES string of the molecule is O=C1[C@@H]2[C@@H](C(=O)N1CCN1CCN(C(=O)C34CC5CC(CC(C5)C3)C4)CC1)[C@H]1C=C[C@H]2C1. The molecule has 6 bridgehead atoms. The van der Waals surface area contributed by atoms with Crippen LogP contribution >= 0.6 is 0 Å². The van der Waals surface area contributed by atoms with Gasteiger partial charge in [0, 0.05) is 39.3 Å². The zero-order valence-corrected chi connectivity index (χ0v) is 19.0. The standard InChI is InChI=1S/C26H35N3O3/c30-23-21-19-1-2-20(12-19)22(21)24(31)29(23)8-5-27-3-6-28(7-4-27)25(32)26-13-16-9-17(14-26)11-18(10-16)15-26/h1-2,16-22H,3-15H2/t16?,17?,18?,19-,20-,21-,22-,26?/m0/s1. The van der Waals surface area contributed by atoms with Crippen molar-refractivity contribution in [1.29, 1.82) is 0 Å². The van der Waals surface area contributed by atoms with Gasteiger partial charge in [0.2, 0.25) is 17.7 Å². The summed E-state index contributed by atoms with van der Waals surface area (Å²) in [6, 6.07) is 0. The van der Waals surface area contributed by atoms with Gasteiger partial charge in [0.25, 0.3) is 0 Å². The Bertz CT molecular complexity index is 823. The predicted molar refractivity (Wildman–Crippen MR) is 118 cm³/mol. The van der Waals surface area contributed by atoms with Crippen molar-refractivity contribution < 1.29 is 14.4 Å². The van der Waals surface area contributed by atoms with E-state index in [1.54, 1.807) is 4.90 Å². The van der Waals surface area contributed by atoms with E-state index in [0.717, 1.165) is 76.2 Å². The normalized spacial score (nSPS) is 46.6. The van der Waals surface area contributed by atoms with Gasteiger partial charge in [0.05, 0.1) is 17.3 Å². The molecule has 6 aliphatic carbocycles. The third kappa shape index (κ3) is 2.77. The zero-order valence-electron chi connectivity index (χ0n) is 19.0. The number of rotatable bonds is 4. The second-order valence-electron chi connectivity index (χ2n) is 12.2. The van der Waals surface area contributed by atoms with Crippen LogP contribution < -0.4 is 0 Å². The van der Waals surface area contributed by atoms with Crippen molar-refractivity contribution in [3.63, 3.8) is 0 Å². The van der Waals surface area contributed by atoms with Gasteiger partial charge >= 0.3 is 0 Å². The van der Waals surface area contributed by atoms with Gasteiger partial charge in [-0.2, -0.15) is 0 Å². The maximum atomic E-state index is 13.6. The van der Waals surface area contributed by atoms with Crippen molar-refractivity contribution in [3.05, 3.63) is 12.2 Å². The minimum atomic E-state index is -0.0905. The first-order valence-corrected chi connectivity index (χ1v) is 13.1. The van der Waals surface area contributed by atoms with Gasteiger partial charge < -0.3 is 4.90 Å². The molecule has 6 heteroatoms. The second-order valence-corrected chi connectivity index (χ2v) is 12.2. The molecule has 8 rings (SSSR count). The number of amides is 3. The number of allylic oxidation sites excluding steroid dienone is 2. The summed E-state index contributed by atoms with van der Waals surface area (Å²) in [6.07, 6.45) is 12.8. The Hall–Kier alpha value is -1.69. The van der Waals surface area contributed by atoms with E-state index in [0.29, 0.717) is 12.5 Å². The second kappa shape index (κ2) is 6.91. The molecule has 3 amide bonds. The number of fused-ring (bicyclic) bond motifs is 5. The molecular weight excluding hydrogens is 402 g/mol. The fraction of sp³-hybridized carbons (Fsp3) is 0.808. The van der Waals surface area contributed by atoms with Crippen molar-refractivity contribution >= 4 is 17.7 Å². The average molecular weight is 438 g/mol. The van der Waals surface area contributed by atoms with E-state index in [2.05, 4.69) is 22.0 Å². The molecule has 32 heavy (non-hydrogen) atoms. The van der Waals surface area contributed by atoms with Crippen molar-refractivity contribution in [2.45, 2.75) is 44.9 Å². The molecule has 5 saturated carbocycles. The van der Waals surface area contributed by atoms with E-state index in [1.807, 2.05) is 0 Å². The number of hydrogen-bond acceptors (Lipinski definition) is 4. The Morgan fingerprint density at radius 2 is 1.31 bits per heavy atom. The highest BCUT2D eigenvalue weighted by Crippen LogP contribution is 2.60. The Labute approximate surface area is 190 Å². The quantitative estimate of drug-likeness (QED) is 0.500. The summed E-state index contributed by atoms with van der Waals surface area (Å²) in [5.74, 6) is 3.35. The number of carbonyl (C=O) groups excluding carboxylic acids is 3. The van der Waals surface area contributed by atoms with Crippen LogP contribution in [0.4, 0.5) is 0 Å². The fourth-order valence-electron chi connectivity index (χ4n) is 9.31. The molecule has 0 radical (unpaired) electrons. The Morgan fingerprint density at radius 1 is 0.781 bits per heavy atom. The van der Waals surface area contributed by atoms with Crippen LogP contribution in [0.15, 0.2) is 12.2 Å². The first-order chi connectivity index (χ1) is 15.5. The summed E-state index contributed by atoms with van der Waals surface area (Å²) in [4.78, 5) is 45.4. The molecule has 7 fully saturated rings. The van der Waals surface area contributed by atoms with Crippen LogP contribution in [0.25, 0.3) is 0 Å². The van der Waals surface area contributed by atoms with E-state index in [-0.39, 0.29) is 40.9 Å². The van der Waals surface area contributed by atoms with E-state index in [1.165, 1.54) is 19.3 Å². The molecule has 0 aromatic carbocycles. The number of imide groups is 1. The lowest BCUT2D eigenvalue weighted by molar-refractivity contribution is -0.159. The van der Waals surface area contributed by atoms with Crippen LogP contribution in [0.5, 0.6) is 0 Å². The molecule has 4 atom stereocenters. The van der Waals surface area contributed by atoms with Gasteiger partial charge in [-0.3, -0.25) is 24.2 Å². The third-order valence-corrected chi connectivity index (χ3v) is 10.4. The molecule has 0 N–H and O–H groups in total. The highest BCUT2D eigenvalue weighted by atomic mass is 16.2. The van der Waals surface area contributed by atoms with Crippen LogP contribution in [0.2, 0.25) is 0 Å². The molecule has 172 valence electrons. The van der Waals surface area contributed by atoms with Crippen molar-refractivity contribution in [2.24, 2.45) is 46.8 Å². The van der Waals surface area contributed by atoms with Crippen LogP contribution in [0, 0.1) is 46.8 Å². The Morgan fingerprint density at radius 3 is 1.84 bits per heavy atom. The number of likely N-dealkylation sites (tertiary alicyclic amines) is 1. The summed E-state index contributed by atoms with van der Waals surface area (Å²) in [7, 11) is 0. The highest BCUT2D eigenvalue weighted by molar-refractivity contribution is 6.06. The van der Waals surface area contributed by atoms with Gasteiger partial charge in [-0.15, -0.1) is 0 Å². The minimum absolute atomic E-state index is 0.0452. The maximum Gasteiger partial charge on any atom is 0.233 e. The van der Waals surface area contributed by atoms with E-state index < -0.39 is 0 Å². The smallest absolute Gasteiger partial charge is 0.233 e. The third-order valence-electron chi connectivity index (χ3n) is 10.4. The monoisotopic (exact) mass is 437 g/mol. The van der Waals surface area contributed by atoms with Crippen LogP contribution in [0.1, 0.15) is 44.9 Å². The highest BCUT2D eigenvalue weighted by Gasteiger charge is 2.59. The summed E-state index contributed by atoms with van der Waals surface area (Å²) < 4.78 is 0. The first kappa shape index (κ1) is 19.7. The number of piperazine rings is 1. The van der Waals surface area contributed by atoms with Crippen LogP contribution in [0.3, 0.4) is 0 Å². The molecule has 2 aliphatic heterocycles. The van der Waals surface area contributed by atoms with Crippen molar-refractivity contribution in [3.8, 4) is 0 Å². The molecule has 0 spiro atoms. The van der Waals surface area contributed by atoms with E-state index >= 15 is 0 Å². The zero-order chi connectivity index (χ0) is 21.6. The fourth-order valence-corrected chi connectivity index (χ4v) is 9.31. The van der Waals surface area contributed by atoms with E-state index in [4.69, 9.17) is 0 Å². The number of nitrogens with zero attached hydrogens (tertiary/aromatic N) is 3. The maximum absolute atomic E-state index is 13.6. The van der Waals surface area contributed by atoms with Crippen molar-refractivity contribution in [2.75, 3.05) is 39.3 Å². The van der Waals surface area contributed by atoms with Crippen molar-refractivity contribution in [1.82, 2.24) is 14.7 Å². The Kier molecular flexibility index (Phi) is 4.26. The average Bonchev–Trinajstić information content (AvgIpc) is 3.46. The summed E-state index contributed by atoms with van der Waals surface area (Å²) in [6.45, 7) is 4.54. The first-order valence-electron chi connectivity index (χ1n) is 13.1. The molecule has 2 saturated heterocycles. The van der Waals surface area contributed by atoms with E-state index in [9.17, 15) is 14.4 Å². The topological polar surface area (TPSA) is 60.9 Å². The Balaban J connectivity index is 0.943. The van der Waals surface area contributed by atoms with Gasteiger partial charge in [0.1, 0.15) is 0 Å². The summed E-state index contributed by atoms with van der Waals surface area (Å²) in [5, 5.41) is 0.